The molecule has 0 bridgehead atoms. The largest absolute Gasteiger partial charge is 0.325 e. The SMILES string of the molecule is Cc1nn(-c2ccccc2)c2ncc(NC(=O)CC(C)C)cc12. The molecule has 0 spiro atoms. The standard InChI is InChI=1S/C18H20N4O/c1-12(2)9-17(23)20-14-10-16-13(3)21-22(18(16)19-11-14)15-7-5-4-6-8-15/h4-8,10-12H,9H2,1-3H3,(H,20,23). The zero-order chi connectivity index (χ0) is 16.4. The zero-order valence-corrected chi connectivity index (χ0v) is 13.6. The molecular weight excluding hydrogens is 288 g/mol. The van der Waals surface area contributed by atoms with Crippen LogP contribution in [0.4, 0.5) is 5.69 Å². The number of carbonyl (C=O) groups excluding carboxylic acids is 1. The van der Waals surface area contributed by atoms with Gasteiger partial charge >= 0.3 is 0 Å². The highest BCUT2D eigenvalue weighted by molar-refractivity contribution is 5.93. The summed E-state index contributed by atoms with van der Waals surface area (Å²) in [5, 5.41) is 8.41. The van der Waals surface area contributed by atoms with Gasteiger partial charge in [-0.3, -0.25) is 4.79 Å². The van der Waals surface area contributed by atoms with Crippen molar-refractivity contribution in [2.24, 2.45) is 5.92 Å². The summed E-state index contributed by atoms with van der Waals surface area (Å²) in [6.07, 6.45) is 2.18. The third-order valence-corrected chi connectivity index (χ3v) is 3.59. The molecule has 23 heavy (non-hydrogen) atoms. The lowest BCUT2D eigenvalue weighted by Gasteiger charge is -2.07. The normalized spacial score (nSPS) is 11.1. The van der Waals surface area contributed by atoms with Crippen LogP contribution in [-0.2, 0) is 4.79 Å². The number of carbonyl (C=O) groups is 1. The number of nitrogens with zero attached hydrogens (tertiary/aromatic N) is 3. The molecule has 0 radical (unpaired) electrons. The topological polar surface area (TPSA) is 59.8 Å². The minimum atomic E-state index is 0.00857. The van der Waals surface area contributed by atoms with Gasteiger partial charge in [0.1, 0.15) is 0 Å². The Morgan fingerprint density at radius 1 is 1.26 bits per heavy atom. The summed E-state index contributed by atoms with van der Waals surface area (Å²) >= 11 is 0. The number of fused-ring (bicyclic) bond motifs is 1. The first-order chi connectivity index (χ1) is 11.0. The Morgan fingerprint density at radius 2 is 2.00 bits per heavy atom. The van der Waals surface area contributed by atoms with Crippen LogP contribution < -0.4 is 5.32 Å². The predicted octanol–water partition coefficient (Wildman–Crippen LogP) is 3.71. The summed E-state index contributed by atoms with van der Waals surface area (Å²) in [6.45, 7) is 5.99. The first-order valence-corrected chi connectivity index (χ1v) is 7.75. The van der Waals surface area contributed by atoms with Gasteiger partial charge in [-0.25, -0.2) is 9.67 Å². The third-order valence-electron chi connectivity index (χ3n) is 3.59. The van der Waals surface area contributed by atoms with Crippen molar-refractivity contribution in [3.8, 4) is 5.69 Å². The smallest absolute Gasteiger partial charge is 0.224 e. The molecule has 0 aliphatic rings. The van der Waals surface area contributed by atoms with E-state index in [4.69, 9.17) is 0 Å². The highest BCUT2D eigenvalue weighted by Gasteiger charge is 2.12. The maximum Gasteiger partial charge on any atom is 0.224 e. The van der Waals surface area contributed by atoms with Gasteiger partial charge in [-0.15, -0.1) is 0 Å². The lowest BCUT2D eigenvalue weighted by atomic mass is 10.1. The number of aryl methyl sites for hydroxylation is 1. The summed E-state index contributed by atoms with van der Waals surface area (Å²) in [5.41, 5.74) is 3.35. The maximum atomic E-state index is 11.9. The number of aromatic nitrogens is 3. The maximum absolute atomic E-state index is 11.9. The van der Waals surface area contributed by atoms with Gasteiger partial charge in [-0.1, -0.05) is 32.0 Å². The van der Waals surface area contributed by atoms with Crippen molar-refractivity contribution >= 4 is 22.6 Å². The van der Waals surface area contributed by atoms with E-state index in [0.717, 1.165) is 22.4 Å². The molecule has 0 saturated carbocycles. The number of benzene rings is 1. The fraction of sp³-hybridized carbons (Fsp3) is 0.278. The second kappa shape index (κ2) is 6.20. The van der Waals surface area contributed by atoms with Gasteiger partial charge in [0.25, 0.3) is 0 Å². The molecule has 1 aromatic carbocycles. The van der Waals surface area contributed by atoms with Crippen molar-refractivity contribution in [3.05, 3.63) is 48.3 Å². The van der Waals surface area contributed by atoms with Crippen LogP contribution in [0.3, 0.4) is 0 Å². The highest BCUT2D eigenvalue weighted by atomic mass is 16.1. The molecule has 5 nitrogen and oxygen atoms in total. The monoisotopic (exact) mass is 308 g/mol. The fourth-order valence-corrected chi connectivity index (χ4v) is 2.54. The van der Waals surface area contributed by atoms with E-state index in [1.165, 1.54) is 0 Å². The Balaban J connectivity index is 1.96. The average molecular weight is 308 g/mol. The van der Waals surface area contributed by atoms with Crippen molar-refractivity contribution in [2.45, 2.75) is 27.2 Å². The van der Waals surface area contributed by atoms with E-state index in [1.54, 1.807) is 6.20 Å². The van der Waals surface area contributed by atoms with E-state index in [0.29, 0.717) is 18.0 Å². The molecule has 0 aliphatic heterocycles. The van der Waals surface area contributed by atoms with Crippen LogP contribution in [0.1, 0.15) is 26.0 Å². The molecule has 0 fully saturated rings. The molecule has 1 N–H and O–H groups in total. The van der Waals surface area contributed by atoms with Gasteiger partial charge in [-0.2, -0.15) is 5.10 Å². The molecular formula is C18H20N4O. The molecule has 0 aliphatic carbocycles. The lowest BCUT2D eigenvalue weighted by Crippen LogP contribution is -2.13. The minimum Gasteiger partial charge on any atom is -0.325 e. The quantitative estimate of drug-likeness (QED) is 0.799. The molecule has 3 rings (SSSR count). The van der Waals surface area contributed by atoms with Crippen LogP contribution in [0.2, 0.25) is 0 Å². The number of hydrogen-bond acceptors (Lipinski definition) is 3. The van der Waals surface area contributed by atoms with Gasteiger partial charge in [0, 0.05) is 11.8 Å². The fourth-order valence-electron chi connectivity index (χ4n) is 2.54. The summed E-state index contributed by atoms with van der Waals surface area (Å²) < 4.78 is 1.82. The zero-order valence-electron chi connectivity index (χ0n) is 13.6. The molecule has 1 amide bonds. The number of rotatable bonds is 4. The molecule has 5 heteroatoms. The summed E-state index contributed by atoms with van der Waals surface area (Å²) in [4.78, 5) is 16.4. The van der Waals surface area contributed by atoms with Crippen molar-refractivity contribution in [1.29, 1.82) is 0 Å². The van der Waals surface area contributed by atoms with Crippen LogP contribution in [0, 0.1) is 12.8 Å². The minimum absolute atomic E-state index is 0.00857. The Bertz CT molecular complexity index is 837. The molecule has 2 aromatic heterocycles. The van der Waals surface area contributed by atoms with Crippen molar-refractivity contribution in [2.75, 3.05) is 5.32 Å². The number of hydrogen-bond donors (Lipinski definition) is 1. The molecule has 0 saturated heterocycles. The van der Waals surface area contributed by atoms with Crippen LogP contribution in [-0.4, -0.2) is 20.7 Å². The molecule has 0 atom stereocenters. The van der Waals surface area contributed by atoms with Gasteiger partial charge in [-0.05, 0) is 31.0 Å². The highest BCUT2D eigenvalue weighted by Crippen LogP contribution is 2.23. The van der Waals surface area contributed by atoms with E-state index in [2.05, 4.69) is 15.4 Å². The van der Waals surface area contributed by atoms with Crippen molar-refractivity contribution in [1.82, 2.24) is 14.8 Å². The molecule has 0 unspecified atom stereocenters. The van der Waals surface area contributed by atoms with Gasteiger partial charge in [0.2, 0.25) is 5.91 Å². The van der Waals surface area contributed by atoms with E-state index in [9.17, 15) is 4.79 Å². The first-order valence-electron chi connectivity index (χ1n) is 7.75. The Hall–Kier alpha value is -2.69. The van der Waals surface area contributed by atoms with E-state index in [1.807, 2.05) is 61.9 Å². The lowest BCUT2D eigenvalue weighted by molar-refractivity contribution is -0.116. The van der Waals surface area contributed by atoms with E-state index in [-0.39, 0.29) is 5.91 Å². The third kappa shape index (κ3) is 3.23. The van der Waals surface area contributed by atoms with Gasteiger partial charge in [0.05, 0.1) is 23.3 Å². The van der Waals surface area contributed by atoms with Crippen LogP contribution in [0.15, 0.2) is 42.6 Å². The Morgan fingerprint density at radius 3 is 2.70 bits per heavy atom. The Kier molecular flexibility index (Phi) is 4.10. The molecule has 2 heterocycles. The van der Waals surface area contributed by atoms with E-state index < -0.39 is 0 Å². The molecule has 3 aromatic rings. The predicted molar refractivity (Wildman–Crippen MR) is 91.7 cm³/mol. The van der Waals surface area contributed by atoms with Crippen LogP contribution >= 0.6 is 0 Å². The number of anilines is 1. The van der Waals surface area contributed by atoms with Gasteiger partial charge < -0.3 is 5.32 Å². The number of amides is 1. The molecule has 118 valence electrons. The first kappa shape index (κ1) is 15.2. The summed E-state index contributed by atoms with van der Waals surface area (Å²) in [5.74, 6) is 0.337. The van der Waals surface area contributed by atoms with E-state index >= 15 is 0 Å². The Labute approximate surface area is 135 Å². The average Bonchev–Trinajstić information content (AvgIpc) is 2.84. The van der Waals surface area contributed by atoms with Crippen LogP contribution in [0.25, 0.3) is 16.7 Å². The number of pyridine rings is 1. The second-order valence-electron chi connectivity index (χ2n) is 6.07. The second-order valence-corrected chi connectivity index (χ2v) is 6.07. The van der Waals surface area contributed by atoms with Gasteiger partial charge in [0.15, 0.2) is 5.65 Å². The van der Waals surface area contributed by atoms with Crippen molar-refractivity contribution in [3.63, 3.8) is 0 Å². The number of para-hydroxylation sites is 1. The summed E-state index contributed by atoms with van der Waals surface area (Å²) in [7, 11) is 0. The van der Waals surface area contributed by atoms with Crippen molar-refractivity contribution < 1.29 is 4.79 Å². The summed E-state index contributed by atoms with van der Waals surface area (Å²) in [6, 6.07) is 11.8. The van der Waals surface area contributed by atoms with Crippen LogP contribution in [0.5, 0.6) is 0 Å². The number of nitrogens with one attached hydrogen (secondary N) is 1.